The highest BCUT2D eigenvalue weighted by molar-refractivity contribution is 6.14. The number of fused-ring (bicyclic) bond motifs is 7. The molecule has 0 bridgehead atoms. The zero-order valence-electron chi connectivity index (χ0n) is 27.3. The molecule has 0 fully saturated rings. The van der Waals surface area contributed by atoms with Gasteiger partial charge in [-0.1, -0.05) is 127 Å². The molecule has 0 saturated heterocycles. The molecule has 0 aliphatic heterocycles. The minimum Gasteiger partial charge on any atom is -0.456 e. The van der Waals surface area contributed by atoms with Crippen molar-refractivity contribution in [2.24, 2.45) is 0 Å². The quantitative estimate of drug-likeness (QED) is 0.175. The summed E-state index contributed by atoms with van der Waals surface area (Å²) in [6.45, 7) is 0. The van der Waals surface area contributed by atoms with Gasteiger partial charge in [0.1, 0.15) is 11.2 Å². The van der Waals surface area contributed by atoms with Crippen molar-refractivity contribution in [3.63, 3.8) is 0 Å². The molecule has 50 heavy (non-hydrogen) atoms. The van der Waals surface area contributed by atoms with Gasteiger partial charge in [-0.15, -0.1) is 0 Å². The van der Waals surface area contributed by atoms with Gasteiger partial charge in [0.2, 0.25) is 0 Å². The Labute approximate surface area is 290 Å². The second-order valence-electron chi connectivity index (χ2n) is 13.0. The van der Waals surface area contributed by atoms with Crippen molar-refractivity contribution in [3.05, 3.63) is 188 Å². The van der Waals surface area contributed by atoms with Gasteiger partial charge in [-0.25, -0.2) is 0 Å². The molecule has 1 aromatic heterocycles. The van der Waals surface area contributed by atoms with Crippen molar-refractivity contribution in [2.45, 2.75) is 0 Å². The van der Waals surface area contributed by atoms with Crippen LogP contribution in [0.3, 0.4) is 0 Å². The Kier molecular flexibility index (Phi) is 6.53. The van der Waals surface area contributed by atoms with Gasteiger partial charge in [-0.3, -0.25) is 0 Å². The van der Waals surface area contributed by atoms with E-state index in [4.69, 9.17) is 4.42 Å². The molecule has 9 aromatic carbocycles. The molecule has 0 spiro atoms. The molecule has 2 heteroatoms. The Balaban J connectivity index is 1.12. The van der Waals surface area contributed by atoms with Crippen molar-refractivity contribution in [1.29, 1.82) is 0 Å². The highest BCUT2D eigenvalue weighted by atomic mass is 16.3. The fourth-order valence-corrected chi connectivity index (χ4v) is 7.58. The Morgan fingerprint density at radius 2 is 0.920 bits per heavy atom. The standard InChI is InChI=1S/C48H31NO/c1-2-11-34-28-36(21-20-32(34)10-1)35-13-9-14-39(29-35)49(40-26-27-45-44-18-7-8-19-47(44)50-48(45)31-40)38-24-22-33(23-25-38)46-30-37-12-3-4-15-41(37)42-16-5-6-17-43(42)46/h1-31H. The summed E-state index contributed by atoms with van der Waals surface area (Å²) in [7, 11) is 0. The molecule has 234 valence electrons. The third-order valence-corrected chi connectivity index (χ3v) is 10.0. The monoisotopic (exact) mass is 637 g/mol. The van der Waals surface area contributed by atoms with Crippen molar-refractivity contribution in [3.8, 4) is 22.3 Å². The highest BCUT2D eigenvalue weighted by Gasteiger charge is 2.17. The average Bonchev–Trinajstić information content (AvgIpc) is 3.56. The van der Waals surface area contributed by atoms with Crippen LogP contribution >= 0.6 is 0 Å². The van der Waals surface area contributed by atoms with Gasteiger partial charge in [-0.2, -0.15) is 0 Å². The Bertz CT molecular complexity index is 2880. The van der Waals surface area contributed by atoms with Gasteiger partial charge in [0.05, 0.1) is 0 Å². The lowest BCUT2D eigenvalue weighted by Gasteiger charge is -2.26. The number of nitrogens with zero attached hydrogens (tertiary/aromatic N) is 1. The van der Waals surface area contributed by atoms with E-state index in [1.54, 1.807) is 0 Å². The average molecular weight is 638 g/mol. The largest absolute Gasteiger partial charge is 0.456 e. The third kappa shape index (κ3) is 4.73. The molecule has 0 N–H and O–H groups in total. The normalized spacial score (nSPS) is 11.6. The molecule has 0 atom stereocenters. The lowest BCUT2D eigenvalue weighted by Crippen LogP contribution is -2.10. The molecule has 0 aliphatic carbocycles. The summed E-state index contributed by atoms with van der Waals surface area (Å²) in [5.74, 6) is 0. The number of rotatable bonds is 5. The number of furan rings is 1. The number of hydrogen-bond acceptors (Lipinski definition) is 2. The first-order chi connectivity index (χ1) is 24.8. The minimum absolute atomic E-state index is 0.874. The fourth-order valence-electron chi connectivity index (χ4n) is 7.58. The number of hydrogen-bond donors (Lipinski definition) is 0. The van der Waals surface area contributed by atoms with Crippen LogP contribution in [0, 0.1) is 0 Å². The summed E-state index contributed by atoms with van der Waals surface area (Å²) in [5, 5.41) is 9.79. The molecular weight excluding hydrogens is 607 g/mol. The van der Waals surface area contributed by atoms with Crippen LogP contribution < -0.4 is 4.90 Å². The molecule has 1 heterocycles. The predicted octanol–water partition coefficient (Wildman–Crippen LogP) is 13.8. The first kappa shape index (κ1) is 28.4. The van der Waals surface area contributed by atoms with Gasteiger partial charge in [0, 0.05) is 33.9 Å². The van der Waals surface area contributed by atoms with Gasteiger partial charge in [-0.05, 0) is 109 Å². The second-order valence-corrected chi connectivity index (χ2v) is 13.0. The molecule has 2 nitrogen and oxygen atoms in total. The molecule has 0 radical (unpaired) electrons. The van der Waals surface area contributed by atoms with Crippen molar-refractivity contribution >= 4 is 71.3 Å². The van der Waals surface area contributed by atoms with Crippen LogP contribution in [0.4, 0.5) is 17.1 Å². The van der Waals surface area contributed by atoms with Gasteiger partial charge in [0.25, 0.3) is 0 Å². The Hall–Kier alpha value is -6.64. The van der Waals surface area contributed by atoms with Crippen LogP contribution in [-0.2, 0) is 0 Å². The van der Waals surface area contributed by atoms with Gasteiger partial charge < -0.3 is 9.32 Å². The summed E-state index contributed by atoms with van der Waals surface area (Å²) in [6.07, 6.45) is 0. The van der Waals surface area contributed by atoms with E-state index in [-0.39, 0.29) is 0 Å². The van der Waals surface area contributed by atoms with Crippen molar-refractivity contribution in [2.75, 3.05) is 4.90 Å². The molecular formula is C48H31NO. The van der Waals surface area contributed by atoms with Crippen LogP contribution in [-0.4, -0.2) is 0 Å². The van der Waals surface area contributed by atoms with Crippen LogP contribution in [0.1, 0.15) is 0 Å². The zero-order chi connectivity index (χ0) is 33.0. The van der Waals surface area contributed by atoms with Crippen LogP contribution in [0.15, 0.2) is 192 Å². The van der Waals surface area contributed by atoms with E-state index in [0.29, 0.717) is 0 Å². The van der Waals surface area contributed by atoms with Crippen LogP contribution in [0.2, 0.25) is 0 Å². The number of para-hydroxylation sites is 1. The maximum absolute atomic E-state index is 6.38. The smallest absolute Gasteiger partial charge is 0.137 e. The molecule has 10 rings (SSSR count). The molecule has 10 aromatic rings. The maximum atomic E-state index is 6.38. The summed E-state index contributed by atoms with van der Waals surface area (Å²) >= 11 is 0. The van der Waals surface area contributed by atoms with Crippen LogP contribution in [0.5, 0.6) is 0 Å². The van der Waals surface area contributed by atoms with E-state index in [9.17, 15) is 0 Å². The summed E-state index contributed by atoms with van der Waals surface area (Å²) in [6, 6.07) is 67.6. The van der Waals surface area contributed by atoms with E-state index in [2.05, 4.69) is 181 Å². The SMILES string of the molecule is c1cc(-c2ccc3ccccc3c2)cc(N(c2ccc(-c3cc4ccccc4c4ccccc34)cc2)c2ccc3c(c2)oc2ccccc23)c1. The van der Waals surface area contributed by atoms with Crippen LogP contribution in [0.25, 0.3) is 76.5 Å². The highest BCUT2D eigenvalue weighted by Crippen LogP contribution is 2.41. The summed E-state index contributed by atoms with van der Waals surface area (Å²) < 4.78 is 6.38. The fraction of sp³-hybridized carbons (Fsp3) is 0. The molecule has 0 aliphatic rings. The van der Waals surface area contributed by atoms with E-state index < -0.39 is 0 Å². The number of benzene rings is 9. The third-order valence-electron chi connectivity index (χ3n) is 10.0. The zero-order valence-corrected chi connectivity index (χ0v) is 27.3. The molecule has 0 amide bonds. The van der Waals surface area contributed by atoms with Gasteiger partial charge >= 0.3 is 0 Å². The maximum Gasteiger partial charge on any atom is 0.137 e. The number of anilines is 3. The van der Waals surface area contributed by atoms with E-state index in [1.165, 1.54) is 54.6 Å². The first-order valence-corrected chi connectivity index (χ1v) is 17.1. The lowest BCUT2D eigenvalue weighted by molar-refractivity contribution is 0.669. The van der Waals surface area contributed by atoms with Crippen molar-refractivity contribution in [1.82, 2.24) is 0 Å². The van der Waals surface area contributed by atoms with Gasteiger partial charge in [0.15, 0.2) is 0 Å². The topological polar surface area (TPSA) is 16.4 Å². The van der Waals surface area contributed by atoms with E-state index in [0.717, 1.165) is 39.0 Å². The van der Waals surface area contributed by atoms with Crippen molar-refractivity contribution < 1.29 is 4.42 Å². The molecule has 0 unspecified atom stereocenters. The van der Waals surface area contributed by atoms with E-state index >= 15 is 0 Å². The molecule has 0 saturated carbocycles. The first-order valence-electron chi connectivity index (χ1n) is 17.1. The Morgan fingerprint density at radius 3 is 1.78 bits per heavy atom. The van der Waals surface area contributed by atoms with E-state index in [1.807, 2.05) is 12.1 Å². The Morgan fingerprint density at radius 1 is 0.300 bits per heavy atom. The summed E-state index contributed by atoms with van der Waals surface area (Å²) in [5.41, 5.74) is 9.75. The minimum atomic E-state index is 0.874. The predicted molar refractivity (Wildman–Crippen MR) is 212 cm³/mol. The second kappa shape index (κ2) is 11.5. The lowest BCUT2D eigenvalue weighted by atomic mass is 9.93. The summed E-state index contributed by atoms with van der Waals surface area (Å²) in [4.78, 5) is 2.33.